The number of likely N-dealkylation sites (tertiary alicyclic amines) is 1. The van der Waals surface area contributed by atoms with Gasteiger partial charge in [0.25, 0.3) is 0 Å². The minimum absolute atomic E-state index is 0.0735. The van der Waals surface area contributed by atoms with Crippen molar-refractivity contribution in [3.05, 3.63) is 58.0 Å². The number of amides is 2. The Morgan fingerprint density at radius 3 is 2.74 bits per heavy atom. The van der Waals surface area contributed by atoms with Crippen LogP contribution in [0.5, 0.6) is 0 Å². The molecule has 1 saturated heterocycles. The molecular weight excluding hydrogens is 315 g/mol. The van der Waals surface area contributed by atoms with Gasteiger partial charge >= 0.3 is 0 Å². The van der Waals surface area contributed by atoms with E-state index >= 15 is 0 Å². The lowest BCUT2D eigenvalue weighted by Gasteiger charge is -2.24. The minimum atomic E-state index is -0.460. The van der Waals surface area contributed by atoms with E-state index in [2.05, 4.69) is 5.32 Å². The number of benzene rings is 1. The van der Waals surface area contributed by atoms with Gasteiger partial charge < -0.3 is 10.2 Å². The lowest BCUT2D eigenvalue weighted by molar-refractivity contribution is -0.128. The molecule has 1 aromatic heterocycles. The molecular formula is C17H17FN2O2S. The van der Waals surface area contributed by atoms with Gasteiger partial charge in [0, 0.05) is 18.3 Å². The maximum Gasteiger partial charge on any atom is 0.226 e. The van der Waals surface area contributed by atoms with E-state index in [1.54, 1.807) is 35.4 Å². The minimum Gasteiger partial charge on any atom is -0.351 e. The van der Waals surface area contributed by atoms with Crippen molar-refractivity contribution in [2.45, 2.75) is 19.0 Å². The Labute approximate surface area is 137 Å². The fourth-order valence-electron chi connectivity index (χ4n) is 2.94. The predicted molar refractivity (Wildman–Crippen MR) is 86.2 cm³/mol. The van der Waals surface area contributed by atoms with Gasteiger partial charge in [-0.2, -0.15) is 0 Å². The third-order valence-corrected chi connectivity index (χ3v) is 5.03. The van der Waals surface area contributed by atoms with E-state index in [9.17, 15) is 14.0 Å². The van der Waals surface area contributed by atoms with Gasteiger partial charge in [-0.15, -0.1) is 11.3 Å². The van der Waals surface area contributed by atoms with Crippen LogP contribution < -0.4 is 5.32 Å². The molecule has 2 amide bonds. The van der Waals surface area contributed by atoms with Crippen LogP contribution in [0, 0.1) is 11.7 Å². The van der Waals surface area contributed by atoms with Crippen LogP contribution in [-0.2, 0) is 16.1 Å². The number of thiophene rings is 1. The van der Waals surface area contributed by atoms with Crippen molar-refractivity contribution in [2.75, 3.05) is 7.05 Å². The van der Waals surface area contributed by atoms with Gasteiger partial charge in [0.05, 0.1) is 18.5 Å². The summed E-state index contributed by atoms with van der Waals surface area (Å²) in [4.78, 5) is 27.2. The number of hydrogen-bond donors (Lipinski definition) is 1. The average Bonchev–Trinajstić information content (AvgIpc) is 3.15. The van der Waals surface area contributed by atoms with E-state index in [4.69, 9.17) is 0 Å². The van der Waals surface area contributed by atoms with Gasteiger partial charge in [-0.1, -0.05) is 18.2 Å². The number of nitrogens with zero attached hydrogens (tertiary/aromatic N) is 1. The second kappa shape index (κ2) is 6.50. The summed E-state index contributed by atoms with van der Waals surface area (Å²) >= 11 is 1.57. The van der Waals surface area contributed by atoms with Crippen LogP contribution >= 0.6 is 11.3 Å². The van der Waals surface area contributed by atoms with E-state index < -0.39 is 5.92 Å². The third kappa shape index (κ3) is 3.27. The SMILES string of the molecule is CN1C(=O)C[C@H](C(=O)NCc2cccs2)[C@@H]1c1ccc(F)cc1. The highest BCUT2D eigenvalue weighted by Gasteiger charge is 2.42. The second-order valence-corrected chi connectivity index (χ2v) is 6.64. The number of nitrogens with one attached hydrogen (secondary N) is 1. The molecule has 2 atom stereocenters. The monoisotopic (exact) mass is 332 g/mol. The van der Waals surface area contributed by atoms with Crippen LogP contribution in [0.4, 0.5) is 4.39 Å². The van der Waals surface area contributed by atoms with Crippen LogP contribution in [0.2, 0.25) is 0 Å². The Morgan fingerprint density at radius 1 is 1.35 bits per heavy atom. The molecule has 2 aromatic rings. The Balaban J connectivity index is 1.76. The molecule has 0 spiro atoms. The first kappa shape index (κ1) is 15.7. The van der Waals surface area contributed by atoms with Gasteiger partial charge in [0.15, 0.2) is 0 Å². The number of rotatable bonds is 4. The number of hydrogen-bond acceptors (Lipinski definition) is 3. The lowest BCUT2D eigenvalue weighted by Crippen LogP contribution is -2.34. The topological polar surface area (TPSA) is 49.4 Å². The molecule has 1 aliphatic rings. The molecule has 1 fully saturated rings. The Hall–Kier alpha value is -2.21. The van der Waals surface area contributed by atoms with E-state index in [1.807, 2.05) is 17.5 Å². The quantitative estimate of drug-likeness (QED) is 0.936. The van der Waals surface area contributed by atoms with Gasteiger partial charge in [-0.3, -0.25) is 9.59 Å². The molecule has 0 radical (unpaired) electrons. The van der Waals surface area contributed by atoms with Crippen LogP contribution in [0.1, 0.15) is 22.9 Å². The lowest BCUT2D eigenvalue weighted by atomic mass is 9.93. The maximum absolute atomic E-state index is 13.1. The fourth-order valence-corrected chi connectivity index (χ4v) is 3.58. The van der Waals surface area contributed by atoms with Gasteiger partial charge in [0.1, 0.15) is 5.82 Å². The predicted octanol–water partition coefficient (Wildman–Crippen LogP) is 2.72. The zero-order valence-corrected chi connectivity index (χ0v) is 13.5. The first-order valence-corrected chi connectivity index (χ1v) is 8.25. The molecule has 1 aromatic carbocycles. The van der Waals surface area contributed by atoms with E-state index in [0.29, 0.717) is 6.54 Å². The van der Waals surface area contributed by atoms with Crippen molar-refractivity contribution in [1.82, 2.24) is 10.2 Å². The standard InChI is InChI=1S/C17H17FN2O2S/c1-20-15(21)9-14(16(20)11-4-6-12(18)7-5-11)17(22)19-10-13-3-2-8-23-13/h2-8,14,16H,9-10H2,1H3,(H,19,22)/t14-,16-/m0/s1. The molecule has 0 bridgehead atoms. The highest BCUT2D eigenvalue weighted by molar-refractivity contribution is 7.09. The Bertz CT molecular complexity index is 700. The summed E-state index contributed by atoms with van der Waals surface area (Å²) in [7, 11) is 1.68. The molecule has 1 aliphatic heterocycles. The van der Waals surface area contributed by atoms with Gasteiger partial charge in [-0.05, 0) is 29.1 Å². The highest BCUT2D eigenvalue weighted by Crippen LogP contribution is 2.37. The largest absolute Gasteiger partial charge is 0.351 e. The van der Waals surface area contributed by atoms with Crippen molar-refractivity contribution in [3.63, 3.8) is 0 Å². The van der Waals surface area contributed by atoms with Crippen molar-refractivity contribution < 1.29 is 14.0 Å². The summed E-state index contributed by atoms with van der Waals surface area (Å²) in [5, 5.41) is 4.85. The average molecular weight is 332 g/mol. The molecule has 0 aliphatic carbocycles. The summed E-state index contributed by atoms with van der Waals surface area (Å²) in [6.45, 7) is 0.459. The van der Waals surface area contributed by atoms with E-state index in [-0.39, 0.29) is 30.1 Å². The van der Waals surface area contributed by atoms with Crippen molar-refractivity contribution in [1.29, 1.82) is 0 Å². The summed E-state index contributed by atoms with van der Waals surface area (Å²) in [6.07, 6.45) is 0.175. The van der Waals surface area contributed by atoms with Crippen LogP contribution in [0.3, 0.4) is 0 Å². The molecule has 0 saturated carbocycles. The molecule has 0 unspecified atom stereocenters. The molecule has 6 heteroatoms. The first-order chi connectivity index (χ1) is 11.1. The molecule has 4 nitrogen and oxygen atoms in total. The molecule has 23 heavy (non-hydrogen) atoms. The fraction of sp³-hybridized carbons (Fsp3) is 0.294. The number of halogens is 1. The summed E-state index contributed by atoms with van der Waals surface area (Å²) in [5.41, 5.74) is 0.774. The van der Waals surface area contributed by atoms with Crippen molar-refractivity contribution in [3.8, 4) is 0 Å². The number of carbonyl (C=O) groups is 2. The first-order valence-electron chi connectivity index (χ1n) is 7.37. The zero-order chi connectivity index (χ0) is 16.4. The van der Waals surface area contributed by atoms with Crippen LogP contribution in [0.25, 0.3) is 0 Å². The van der Waals surface area contributed by atoms with Gasteiger partial charge in [-0.25, -0.2) is 4.39 Å². The maximum atomic E-state index is 13.1. The summed E-state index contributed by atoms with van der Waals surface area (Å²) < 4.78 is 13.1. The van der Waals surface area contributed by atoms with Crippen LogP contribution in [0.15, 0.2) is 41.8 Å². The van der Waals surface area contributed by atoms with E-state index in [1.165, 1.54) is 12.1 Å². The molecule has 2 heterocycles. The molecule has 120 valence electrons. The smallest absolute Gasteiger partial charge is 0.226 e. The Kier molecular flexibility index (Phi) is 4.43. The van der Waals surface area contributed by atoms with Crippen LogP contribution in [-0.4, -0.2) is 23.8 Å². The number of carbonyl (C=O) groups excluding carboxylic acids is 2. The van der Waals surface area contributed by atoms with Crippen molar-refractivity contribution >= 4 is 23.2 Å². The molecule has 1 N–H and O–H groups in total. The zero-order valence-electron chi connectivity index (χ0n) is 12.7. The summed E-state index contributed by atoms with van der Waals surface area (Å²) in [6, 6.07) is 9.50. The Morgan fingerprint density at radius 2 is 2.09 bits per heavy atom. The van der Waals surface area contributed by atoms with E-state index in [0.717, 1.165) is 10.4 Å². The third-order valence-electron chi connectivity index (χ3n) is 4.15. The second-order valence-electron chi connectivity index (χ2n) is 5.61. The highest BCUT2D eigenvalue weighted by atomic mass is 32.1. The molecule has 3 rings (SSSR count). The van der Waals surface area contributed by atoms with Gasteiger partial charge in [0.2, 0.25) is 11.8 Å². The summed E-state index contributed by atoms with van der Waals surface area (Å²) in [5.74, 6) is -1.02. The van der Waals surface area contributed by atoms with Crippen molar-refractivity contribution in [2.24, 2.45) is 5.92 Å². The normalized spacial score (nSPS) is 20.8.